The van der Waals surface area contributed by atoms with Crippen LogP contribution in [0, 0.1) is 0 Å². The SMILES string of the molecule is O=P(Cc1ccc(CCP(=S)(CCc2ccccc2)CCc2ccccc2)cc1)(Cc1ccc(CCP(=S)(CCc2ccccc2)CCc2ccccc2)cc1)Cc1ccc(CCP(=S)(CCc2ccccc2)CCc2ccccc2)cc1. The summed E-state index contributed by atoms with van der Waals surface area (Å²) in [5, 5.41) is 0. The highest BCUT2D eigenvalue weighted by molar-refractivity contribution is 8.15. The molecule has 0 aliphatic carbocycles. The Morgan fingerprint density at radius 3 is 0.482 bits per heavy atom. The Bertz CT molecular complexity index is 3010. The molecule has 0 saturated heterocycles. The van der Waals surface area contributed by atoms with Crippen molar-refractivity contribution in [1.82, 2.24) is 0 Å². The van der Waals surface area contributed by atoms with Gasteiger partial charge in [0.2, 0.25) is 0 Å². The molecule has 0 bridgehead atoms. The Kier molecular flexibility index (Phi) is 24.2. The van der Waals surface area contributed by atoms with Crippen LogP contribution in [0.2, 0.25) is 0 Å². The highest BCUT2D eigenvalue weighted by Gasteiger charge is 2.26. The second-order valence-electron chi connectivity index (χ2n) is 23.3. The third-order valence-electron chi connectivity index (χ3n) is 16.8. The van der Waals surface area contributed by atoms with E-state index in [1.165, 1.54) is 50.1 Å². The summed E-state index contributed by atoms with van der Waals surface area (Å²) in [6.45, 7) is 0. The maximum Gasteiger partial charge on any atom is 0.100 e. The molecule has 428 valence electrons. The average Bonchev–Trinajstić information content (AvgIpc) is 3.56. The molecule has 0 fully saturated rings. The van der Waals surface area contributed by atoms with Gasteiger partial charge in [-0.3, -0.25) is 0 Å². The van der Waals surface area contributed by atoms with Crippen LogP contribution in [-0.4, -0.2) is 55.5 Å². The van der Waals surface area contributed by atoms with E-state index in [0.717, 1.165) is 130 Å². The van der Waals surface area contributed by atoms with Crippen molar-refractivity contribution >= 4 is 60.7 Å². The summed E-state index contributed by atoms with van der Waals surface area (Å²) in [5.41, 5.74) is 15.7. The number of hydrogen-bond acceptors (Lipinski definition) is 4. The standard InChI is InChI=1S/C75H84OP4S3/c76-77(61-73-37-31-70(32-38-73)49-58-78(81,52-43-64-19-7-1-8-20-64)53-44-65-21-9-2-10-22-65,62-74-39-33-71(34-40-74)50-59-79(82,54-45-66-23-11-3-12-24-66)55-46-67-25-13-4-14-26-67)63-75-41-35-72(36-42-75)51-60-80(83,56-47-68-27-15-5-16-28-68)57-48-69-29-17-6-18-30-69/h1-42H,43-63H2. The van der Waals surface area contributed by atoms with Crippen molar-refractivity contribution in [2.75, 3.05) is 55.5 Å². The number of aryl methyl sites for hydroxylation is 9. The van der Waals surface area contributed by atoms with E-state index in [2.05, 4.69) is 255 Å². The van der Waals surface area contributed by atoms with Gasteiger partial charge in [0.25, 0.3) is 0 Å². The monoisotopic (exact) mass is 1220 g/mol. The minimum Gasteiger partial charge on any atom is -0.323 e. The van der Waals surface area contributed by atoms with E-state index in [0.29, 0.717) is 18.5 Å². The van der Waals surface area contributed by atoms with Crippen LogP contribution in [0.3, 0.4) is 0 Å². The summed E-state index contributed by atoms with van der Waals surface area (Å²) in [7, 11) is -2.82. The van der Waals surface area contributed by atoms with Crippen molar-refractivity contribution in [3.05, 3.63) is 322 Å². The van der Waals surface area contributed by atoms with Crippen molar-refractivity contribution in [2.45, 2.75) is 76.3 Å². The Morgan fingerprint density at radius 1 is 0.193 bits per heavy atom. The molecule has 0 saturated carbocycles. The van der Waals surface area contributed by atoms with Gasteiger partial charge in [-0.1, -0.05) is 290 Å². The molecular formula is C75H84OP4S3. The highest BCUT2D eigenvalue weighted by Crippen LogP contribution is 2.56. The summed E-state index contributed by atoms with van der Waals surface area (Å²) in [4.78, 5) is 0. The lowest BCUT2D eigenvalue weighted by molar-refractivity contribution is 0.572. The fourth-order valence-corrected chi connectivity index (χ4v) is 24.9. The molecular weight excluding hydrogens is 1140 g/mol. The predicted molar refractivity (Wildman–Crippen MR) is 377 cm³/mol. The van der Waals surface area contributed by atoms with Gasteiger partial charge in [0.15, 0.2) is 0 Å². The molecule has 83 heavy (non-hydrogen) atoms. The lowest BCUT2D eigenvalue weighted by Gasteiger charge is -2.23. The first-order valence-electron chi connectivity index (χ1n) is 30.2. The van der Waals surface area contributed by atoms with Crippen LogP contribution >= 0.6 is 25.3 Å². The van der Waals surface area contributed by atoms with E-state index in [-0.39, 0.29) is 0 Å². The second kappa shape index (κ2) is 32.1. The molecule has 0 N–H and O–H groups in total. The Labute approximate surface area is 514 Å². The van der Waals surface area contributed by atoms with Crippen LogP contribution in [0.4, 0.5) is 0 Å². The van der Waals surface area contributed by atoms with E-state index < -0.39 is 25.3 Å². The van der Waals surface area contributed by atoms with E-state index >= 15 is 4.57 Å². The molecule has 0 aromatic heterocycles. The summed E-state index contributed by atoms with van der Waals surface area (Å²) >= 11 is 20.0. The van der Waals surface area contributed by atoms with Crippen LogP contribution < -0.4 is 0 Å². The van der Waals surface area contributed by atoms with Crippen molar-refractivity contribution in [3.63, 3.8) is 0 Å². The van der Waals surface area contributed by atoms with Gasteiger partial charge in [-0.2, -0.15) is 0 Å². The first-order chi connectivity index (χ1) is 40.4. The third kappa shape index (κ3) is 21.6. The normalized spacial score (nSPS) is 12.1. The first-order valence-corrected chi connectivity index (χ1v) is 42.5. The van der Waals surface area contributed by atoms with Crippen molar-refractivity contribution in [1.29, 1.82) is 0 Å². The van der Waals surface area contributed by atoms with Crippen LogP contribution in [0.1, 0.15) is 66.8 Å². The summed E-state index contributed by atoms with van der Waals surface area (Å²) in [6, 6.07) is 87.5. The molecule has 0 amide bonds. The van der Waals surface area contributed by atoms with Gasteiger partial charge in [-0.15, -0.1) is 0 Å². The summed E-state index contributed by atoms with van der Waals surface area (Å²) in [6.07, 6.45) is 20.5. The van der Waals surface area contributed by atoms with Crippen molar-refractivity contribution in [3.8, 4) is 0 Å². The van der Waals surface area contributed by atoms with Gasteiger partial charge in [0.1, 0.15) is 7.14 Å². The molecule has 0 spiro atoms. The lowest BCUT2D eigenvalue weighted by atomic mass is 10.1. The zero-order valence-corrected chi connectivity index (χ0v) is 54.5. The number of hydrogen-bond donors (Lipinski definition) is 0. The van der Waals surface area contributed by atoms with Crippen LogP contribution in [0.15, 0.2) is 255 Å². The maximum absolute atomic E-state index is 15.9. The molecule has 0 heterocycles. The van der Waals surface area contributed by atoms with E-state index in [1.807, 2.05) is 0 Å². The molecule has 0 radical (unpaired) electrons. The fraction of sp³-hybridized carbons (Fsp3) is 0.280. The largest absolute Gasteiger partial charge is 0.323 e. The van der Waals surface area contributed by atoms with Crippen LogP contribution in [0.25, 0.3) is 0 Å². The van der Waals surface area contributed by atoms with Gasteiger partial charge >= 0.3 is 0 Å². The minimum atomic E-state index is -2.82. The molecule has 0 atom stereocenters. The fourth-order valence-electron chi connectivity index (χ4n) is 11.5. The zero-order chi connectivity index (χ0) is 57.5. The number of benzene rings is 9. The van der Waals surface area contributed by atoms with Crippen LogP contribution in [-0.2, 0) is 116 Å². The van der Waals surface area contributed by atoms with Crippen molar-refractivity contribution < 1.29 is 4.57 Å². The quantitative estimate of drug-likeness (QED) is 0.0381. The molecule has 9 aromatic rings. The zero-order valence-electron chi connectivity index (χ0n) is 48.5. The minimum absolute atomic E-state index is 0.556. The average molecular weight is 1220 g/mol. The Balaban J connectivity index is 0.891. The van der Waals surface area contributed by atoms with Gasteiger partial charge in [0, 0.05) is 18.5 Å². The molecule has 9 rings (SSSR count). The molecule has 1 nitrogen and oxygen atoms in total. The molecule has 0 aliphatic heterocycles. The van der Waals surface area contributed by atoms with E-state index in [4.69, 9.17) is 35.4 Å². The molecule has 8 heteroatoms. The topological polar surface area (TPSA) is 17.1 Å². The van der Waals surface area contributed by atoms with Gasteiger partial charge in [-0.25, -0.2) is 0 Å². The van der Waals surface area contributed by atoms with Gasteiger partial charge in [0.05, 0.1) is 0 Å². The Morgan fingerprint density at radius 2 is 0.325 bits per heavy atom. The Hall–Kier alpha value is -4.84. The van der Waals surface area contributed by atoms with Gasteiger partial charge in [-0.05, 0) is 198 Å². The number of rotatable bonds is 33. The summed E-state index contributed by atoms with van der Waals surface area (Å²) < 4.78 is 15.9. The van der Waals surface area contributed by atoms with Crippen LogP contribution in [0.5, 0.6) is 0 Å². The molecule has 9 aromatic carbocycles. The lowest BCUT2D eigenvalue weighted by Crippen LogP contribution is -2.07. The smallest absolute Gasteiger partial charge is 0.100 e. The van der Waals surface area contributed by atoms with E-state index in [1.54, 1.807) is 0 Å². The van der Waals surface area contributed by atoms with Crippen molar-refractivity contribution in [2.24, 2.45) is 0 Å². The molecule has 0 aliphatic rings. The second-order valence-corrected chi connectivity index (χ2v) is 43.7. The maximum atomic E-state index is 15.9. The first kappa shape index (κ1) is 62.7. The van der Waals surface area contributed by atoms with E-state index in [9.17, 15) is 0 Å². The highest BCUT2D eigenvalue weighted by atomic mass is 32.4. The summed E-state index contributed by atoms with van der Waals surface area (Å²) in [5.74, 6) is 0. The predicted octanol–water partition coefficient (Wildman–Crippen LogP) is 19.5. The van der Waals surface area contributed by atoms with Gasteiger partial charge < -0.3 is 4.57 Å². The third-order valence-corrected chi connectivity index (χ3v) is 33.9. The molecule has 0 unspecified atom stereocenters.